The van der Waals surface area contributed by atoms with Crippen molar-refractivity contribution in [1.29, 1.82) is 0 Å². The summed E-state index contributed by atoms with van der Waals surface area (Å²) < 4.78 is 10.2. The number of carbonyl (C=O) groups is 2. The molecule has 1 saturated heterocycles. The molecule has 2 heterocycles. The molecule has 8 heteroatoms. The van der Waals surface area contributed by atoms with Crippen LogP contribution in [0.15, 0.2) is 67.3 Å². The molecule has 0 unspecified atom stereocenters. The van der Waals surface area contributed by atoms with Gasteiger partial charge in [-0.05, 0) is 35.4 Å². The Morgan fingerprint density at radius 1 is 0.969 bits per heavy atom. The first-order chi connectivity index (χ1) is 15.7. The molecule has 0 radical (unpaired) electrons. The average molecular weight is 432 g/mol. The van der Waals surface area contributed by atoms with Crippen molar-refractivity contribution >= 4 is 17.7 Å². The van der Waals surface area contributed by atoms with Crippen LogP contribution in [-0.4, -0.2) is 60.3 Å². The maximum absolute atomic E-state index is 13.4. The Hall–Kier alpha value is -3.78. The molecule has 1 aliphatic heterocycles. The fourth-order valence-corrected chi connectivity index (χ4v) is 3.52. The second-order valence-corrected chi connectivity index (χ2v) is 7.33. The maximum Gasteiger partial charge on any atom is 0.337 e. The van der Waals surface area contributed by atoms with Crippen LogP contribution in [0.4, 0.5) is 10.5 Å². The van der Waals surface area contributed by atoms with E-state index in [1.165, 1.54) is 13.4 Å². The first-order valence-corrected chi connectivity index (χ1v) is 10.3. The molecule has 32 heavy (non-hydrogen) atoms. The first kappa shape index (κ1) is 21.5. The molecule has 1 aliphatic rings. The lowest BCUT2D eigenvalue weighted by Gasteiger charge is -2.33. The second-order valence-electron chi connectivity index (χ2n) is 7.33. The second kappa shape index (κ2) is 10.0. The molecule has 1 aromatic heterocycles. The van der Waals surface area contributed by atoms with E-state index >= 15 is 0 Å². The molecule has 2 aromatic carbocycles. The Balaban J connectivity index is 1.60. The third kappa shape index (κ3) is 4.92. The number of urea groups is 1. The largest absolute Gasteiger partial charge is 0.465 e. The van der Waals surface area contributed by atoms with Gasteiger partial charge in [-0.2, -0.15) is 0 Å². The summed E-state index contributed by atoms with van der Waals surface area (Å²) >= 11 is 0. The summed E-state index contributed by atoms with van der Waals surface area (Å²) in [7, 11) is 1.35. The number of ether oxygens (including phenoxy) is 2. The molecule has 0 saturated carbocycles. The number of nitrogens with zero attached hydrogens (tertiary/aromatic N) is 4. The van der Waals surface area contributed by atoms with Crippen molar-refractivity contribution in [3.8, 4) is 11.1 Å². The third-order valence-corrected chi connectivity index (χ3v) is 5.30. The van der Waals surface area contributed by atoms with Crippen molar-refractivity contribution in [2.45, 2.75) is 6.54 Å². The monoisotopic (exact) mass is 432 g/mol. The van der Waals surface area contributed by atoms with Gasteiger partial charge in [-0.1, -0.05) is 24.3 Å². The van der Waals surface area contributed by atoms with Crippen LogP contribution in [0.25, 0.3) is 11.1 Å². The quantitative estimate of drug-likeness (QED) is 0.575. The number of benzene rings is 2. The van der Waals surface area contributed by atoms with Gasteiger partial charge in [0.2, 0.25) is 0 Å². The fourth-order valence-electron chi connectivity index (χ4n) is 3.52. The van der Waals surface area contributed by atoms with Crippen molar-refractivity contribution in [3.63, 3.8) is 0 Å². The van der Waals surface area contributed by atoms with Gasteiger partial charge >= 0.3 is 12.0 Å². The molecule has 1 fully saturated rings. The summed E-state index contributed by atoms with van der Waals surface area (Å²) in [5, 5.41) is 0. The Kier molecular flexibility index (Phi) is 6.72. The van der Waals surface area contributed by atoms with Crippen molar-refractivity contribution in [1.82, 2.24) is 14.9 Å². The number of hydrogen-bond donors (Lipinski definition) is 0. The molecular formula is C24H24N4O4. The van der Waals surface area contributed by atoms with Gasteiger partial charge in [0, 0.05) is 36.7 Å². The number of amides is 2. The zero-order valence-corrected chi connectivity index (χ0v) is 17.8. The van der Waals surface area contributed by atoms with Crippen LogP contribution in [0.2, 0.25) is 0 Å². The van der Waals surface area contributed by atoms with Gasteiger partial charge in [-0.3, -0.25) is 4.90 Å². The van der Waals surface area contributed by atoms with E-state index in [2.05, 4.69) is 9.97 Å². The van der Waals surface area contributed by atoms with Crippen LogP contribution in [0, 0.1) is 0 Å². The van der Waals surface area contributed by atoms with Gasteiger partial charge in [-0.25, -0.2) is 19.6 Å². The van der Waals surface area contributed by atoms with E-state index in [0.717, 1.165) is 22.4 Å². The van der Waals surface area contributed by atoms with Gasteiger partial charge in [0.25, 0.3) is 0 Å². The van der Waals surface area contributed by atoms with Gasteiger partial charge in [-0.15, -0.1) is 0 Å². The zero-order valence-electron chi connectivity index (χ0n) is 17.8. The minimum absolute atomic E-state index is 0.0823. The summed E-state index contributed by atoms with van der Waals surface area (Å²) in [4.78, 5) is 36.8. The van der Waals surface area contributed by atoms with Crippen molar-refractivity contribution < 1.29 is 19.1 Å². The van der Waals surface area contributed by atoms with E-state index in [9.17, 15) is 9.59 Å². The van der Waals surface area contributed by atoms with E-state index < -0.39 is 5.97 Å². The average Bonchev–Trinajstić information content (AvgIpc) is 2.88. The predicted octanol–water partition coefficient (Wildman–Crippen LogP) is 3.39. The number of carbonyl (C=O) groups excluding carboxylic acids is 2. The highest BCUT2D eigenvalue weighted by molar-refractivity contribution is 5.92. The molecule has 4 rings (SSSR count). The minimum atomic E-state index is -0.390. The highest BCUT2D eigenvalue weighted by Crippen LogP contribution is 2.25. The van der Waals surface area contributed by atoms with Gasteiger partial charge in [0.15, 0.2) is 0 Å². The topological polar surface area (TPSA) is 84.9 Å². The molecule has 2 amide bonds. The lowest BCUT2D eigenvalue weighted by molar-refractivity contribution is 0.0548. The molecule has 164 valence electrons. The van der Waals surface area contributed by atoms with Crippen LogP contribution in [0.5, 0.6) is 0 Å². The highest BCUT2D eigenvalue weighted by Gasteiger charge is 2.24. The maximum atomic E-state index is 13.4. The minimum Gasteiger partial charge on any atom is -0.465 e. The molecule has 0 spiro atoms. The molecule has 0 aliphatic carbocycles. The van der Waals surface area contributed by atoms with Crippen molar-refractivity contribution in [2.75, 3.05) is 38.3 Å². The number of rotatable bonds is 5. The Bertz CT molecular complexity index is 1050. The summed E-state index contributed by atoms with van der Waals surface area (Å²) in [6.07, 6.45) is 5.00. The highest BCUT2D eigenvalue weighted by atomic mass is 16.5. The number of morpholine rings is 1. The number of methoxy groups -OCH3 is 1. The molecule has 0 atom stereocenters. The Morgan fingerprint density at radius 2 is 1.62 bits per heavy atom. The molecule has 3 aromatic rings. The predicted molar refractivity (Wildman–Crippen MR) is 119 cm³/mol. The standard InChI is InChI=1S/C24H24N4O4/c1-31-23(29)20-4-2-18(3-5-20)16-28(24(30)27-10-12-32-13-11-27)22-8-6-19(7-9-22)21-14-25-17-26-15-21/h2-9,14-15,17H,10-13,16H2,1H3. The normalized spacial score (nSPS) is 13.5. The van der Waals surface area contributed by atoms with E-state index in [0.29, 0.717) is 38.4 Å². The summed E-state index contributed by atoms with van der Waals surface area (Å²) in [5.74, 6) is -0.390. The molecule has 0 N–H and O–H groups in total. The lowest BCUT2D eigenvalue weighted by Crippen LogP contribution is -2.48. The van der Waals surface area contributed by atoms with Crippen molar-refractivity contribution in [2.24, 2.45) is 0 Å². The van der Waals surface area contributed by atoms with Crippen LogP contribution < -0.4 is 4.90 Å². The smallest absolute Gasteiger partial charge is 0.337 e. The van der Waals surface area contributed by atoms with E-state index in [1.54, 1.807) is 34.3 Å². The third-order valence-electron chi connectivity index (χ3n) is 5.30. The molecule has 0 bridgehead atoms. The van der Waals surface area contributed by atoms with E-state index in [1.807, 2.05) is 36.4 Å². The summed E-state index contributed by atoms with van der Waals surface area (Å²) in [6, 6.07) is 14.7. The zero-order chi connectivity index (χ0) is 22.3. The van der Waals surface area contributed by atoms with Gasteiger partial charge < -0.3 is 14.4 Å². The van der Waals surface area contributed by atoms with Crippen LogP contribution >= 0.6 is 0 Å². The number of esters is 1. The number of anilines is 1. The van der Waals surface area contributed by atoms with Crippen LogP contribution in [0.1, 0.15) is 15.9 Å². The number of aromatic nitrogens is 2. The van der Waals surface area contributed by atoms with E-state index in [4.69, 9.17) is 9.47 Å². The molecule has 8 nitrogen and oxygen atoms in total. The first-order valence-electron chi connectivity index (χ1n) is 10.3. The molecular weight excluding hydrogens is 408 g/mol. The Morgan fingerprint density at radius 3 is 2.25 bits per heavy atom. The fraction of sp³-hybridized carbons (Fsp3) is 0.250. The van der Waals surface area contributed by atoms with Gasteiger partial charge in [0.1, 0.15) is 6.33 Å². The van der Waals surface area contributed by atoms with Crippen molar-refractivity contribution in [3.05, 3.63) is 78.4 Å². The SMILES string of the molecule is COC(=O)c1ccc(CN(C(=O)N2CCOCC2)c2ccc(-c3cncnc3)cc2)cc1. The number of hydrogen-bond acceptors (Lipinski definition) is 6. The lowest BCUT2D eigenvalue weighted by atomic mass is 10.1. The summed E-state index contributed by atoms with van der Waals surface area (Å²) in [5.41, 5.74) is 4.02. The van der Waals surface area contributed by atoms with E-state index in [-0.39, 0.29) is 6.03 Å². The summed E-state index contributed by atoms with van der Waals surface area (Å²) in [6.45, 7) is 2.53. The Labute approximate surface area is 186 Å². The van der Waals surface area contributed by atoms with Gasteiger partial charge in [0.05, 0.1) is 32.4 Å². The van der Waals surface area contributed by atoms with Crippen LogP contribution in [0.3, 0.4) is 0 Å². The van der Waals surface area contributed by atoms with Crippen LogP contribution in [-0.2, 0) is 16.0 Å².